The molecule has 2 N–H and O–H groups in total. The number of hydrogen-bond donors (Lipinski definition) is 2. The Kier molecular flexibility index (Phi) is 6.26. The van der Waals surface area contributed by atoms with Crippen molar-refractivity contribution in [3.8, 4) is 5.75 Å². The van der Waals surface area contributed by atoms with Gasteiger partial charge in [0.15, 0.2) is 5.65 Å². The van der Waals surface area contributed by atoms with E-state index in [0.717, 1.165) is 11.1 Å². The van der Waals surface area contributed by atoms with E-state index in [1.54, 1.807) is 18.3 Å². The lowest BCUT2D eigenvalue weighted by atomic mass is 10.1. The third-order valence-electron chi connectivity index (χ3n) is 4.33. The minimum absolute atomic E-state index is 0.122. The van der Waals surface area contributed by atoms with Crippen LogP contribution in [0.4, 0.5) is 14.6 Å². The summed E-state index contributed by atoms with van der Waals surface area (Å²) in [6.07, 6.45) is 0.179. The van der Waals surface area contributed by atoms with Crippen LogP contribution < -0.4 is 15.4 Å². The number of rotatable bonds is 1. The molecule has 2 aromatic heterocycles. The van der Waals surface area contributed by atoms with Crippen LogP contribution in [0, 0.1) is 6.92 Å². The second kappa shape index (κ2) is 8.85. The van der Waals surface area contributed by atoms with E-state index < -0.39 is 18.4 Å². The summed E-state index contributed by atoms with van der Waals surface area (Å²) in [6, 6.07) is 5.76. The summed E-state index contributed by atoms with van der Waals surface area (Å²) in [5.74, 6) is 0.345. The van der Waals surface area contributed by atoms with Crippen LogP contribution in [0.1, 0.15) is 35.3 Å². The molecule has 2 bridgehead atoms. The van der Waals surface area contributed by atoms with Gasteiger partial charge >= 0.3 is 0 Å². The monoisotopic (exact) mass is 403 g/mol. The molecule has 1 aliphatic heterocycles. The number of benzene rings is 1. The van der Waals surface area contributed by atoms with Gasteiger partial charge in [0.25, 0.3) is 12.3 Å². The molecule has 4 rings (SSSR count). The second-order valence-corrected chi connectivity index (χ2v) is 6.33. The van der Waals surface area contributed by atoms with Crippen molar-refractivity contribution in [1.29, 1.82) is 0 Å². The van der Waals surface area contributed by atoms with Crippen LogP contribution in [0.5, 0.6) is 5.75 Å². The largest absolute Gasteiger partial charge is 0.491 e. The smallest absolute Gasteiger partial charge is 0.261 e. The SMILES string of the molecule is CC.Cc1ccc2c(c1)CNc1ccn3ncc(c3n1)C(=O)NC(C(F)F)CO2. The first kappa shape index (κ1) is 20.5. The molecule has 7 nitrogen and oxygen atoms in total. The van der Waals surface area contributed by atoms with E-state index in [0.29, 0.717) is 18.1 Å². The summed E-state index contributed by atoms with van der Waals surface area (Å²) in [6.45, 7) is 5.98. The molecule has 1 amide bonds. The molecule has 0 aliphatic carbocycles. The summed E-state index contributed by atoms with van der Waals surface area (Å²) in [5.41, 5.74) is 2.24. The third kappa shape index (κ3) is 4.44. The number of carbonyl (C=O) groups excluding carboxylic acids is 1. The van der Waals surface area contributed by atoms with Crippen molar-refractivity contribution >= 4 is 17.4 Å². The second-order valence-electron chi connectivity index (χ2n) is 6.33. The topological polar surface area (TPSA) is 80.5 Å². The number of hydrogen-bond acceptors (Lipinski definition) is 5. The molecule has 1 aromatic carbocycles. The van der Waals surface area contributed by atoms with E-state index in [2.05, 4.69) is 20.7 Å². The summed E-state index contributed by atoms with van der Waals surface area (Å²) < 4.78 is 33.9. The van der Waals surface area contributed by atoms with E-state index in [1.807, 2.05) is 32.9 Å². The number of aryl methyl sites for hydroxylation is 1. The number of nitrogens with zero attached hydrogens (tertiary/aromatic N) is 3. The maximum absolute atomic E-state index is 13.4. The molecule has 1 atom stereocenters. The third-order valence-corrected chi connectivity index (χ3v) is 4.33. The van der Waals surface area contributed by atoms with Gasteiger partial charge in [0.2, 0.25) is 0 Å². The standard InChI is InChI=1S/C18H17F2N5O2.C2H6/c1-10-2-3-14-11(6-10)7-21-15-4-5-25-17(24-15)12(8-22-25)18(26)23-13(9-27-14)16(19)20;1-2/h2-6,8,13,16H,7,9H2,1H3,(H,21,24)(H,23,26);1-2H3. The van der Waals surface area contributed by atoms with Crippen molar-refractivity contribution in [1.82, 2.24) is 19.9 Å². The van der Waals surface area contributed by atoms with Gasteiger partial charge in [-0.05, 0) is 19.1 Å². The molecule has 3 heterocycles. The Labute approximate surface area is 167 Å². The maximum Gasteiger partial charge on any atom is 0.261 e. The predicted octanol–water partition coefficient (Wildman–Crippen LogP) is 3.43. The lowest BCUT2D eigenvalue weighted by molar-refractivity contribution is 0.0600. The zero-order chi connectivity index (χ0) is 21.0. The number of fused-ring (bicyclic) bond motifs is 2. The molecule has 9 heteroatoms. The van der Waals surface area contributed by atoms with Crippen LogP contribution >= 0.6 is 0 Å². The molecule has 3 aromatic rings. The first-order chi connectivity index (χ1) is 14.0. The molecule has 0 fully saturated rings. The average Bonchev–Trinajstić information content (AvgIpc) is 3.14. The van der Waals surface area contributed by atoms with Gasteiger partial charge in [-0.2, -0.15) is 5.10 Å². The fraction of sp³-hybridized carbons (Fsp3) is 0.350. The molecular formula is C20H23F2N5O2. The Balaban J connectivity index is 0.00000117. The number of carbonyl (C=O) groups is 1. The highest BCUT2D eigenvalue weighted by atomic mass is 19.3. The molecule has 0 spiro atoms. The highest BCUT2D eigenvalue weighted by Crippen LogP contribution is 2.23. The highest BCUT2D eigenvalue weighted by molar-refractivity contribution is 6.00. The molecule has 29 heavy (non-hydrogen) atoms. The van der Waals surface area contributed by atoms with Crippen molar-refractivity contribution in [2.75, 3.05) is 11.9 Å². The summed E-state index contributed by atoms with van der Waals surface area (Å²) in [7, 11) is 0. The number of nitrogens with one attached hydrogen (secondary N) is 2. The molecule has 154 valence electrons. The lowest BCUT2D eigenvalue weighted by Gasteiger charge is -2.19. The van der Waals surface area contributed by atoms with Gasteiger partial charge in [-0.1, -0.05) is 31.5 Å². The fourth-order valence-corrected chi connectivity index (χ4v) is 2.90. The Morgan fingerprint density at radius 2 is 2.07 bits per heavy atom. The minimum atomic E-state index is -2.78. The predicted molar refractivity (Wildman–Crippen MR) is 106 cm³/mol. The van der Waals surface area contributed by atoms with Gasteiger partial charge in [-0.3, -0.25) is 4.79 Å². The van der Waals surface area contributed by atoms with Gasteiger partial charge in [-0.25, -0.2) is 18.3 Å². The number of amides is 1. The van der Waals surface area contributed by atoms with E-state index in [1.165, 1.54) is 10.7 Å². The quantitative estimate of drug-likeness (QED) is 0.651. The number of halogens is 2. The normalized spacial score (nSPS) is 16.3. The Morgan fingerprint density at radius 3 is 2.83 bits per heavy atom. The van der Waals surface area contributed by atoms with Crippen molar-refractivity contribution in [2.24, 2.45) is 0 Å². The Hall–Kier alpha value is -3.23. The van der Waals surface area contributed by atoms with E-state index >= 15 is 0 Å². The summed E-state index contributed by atoms with van der Waals surface area (Å²) in [4.78, 5) is 16.9. The fourth-order valence-electron chi connectivity index (χ4n) is 2.90. The molecular weight excluding hydrogens is 380 g/mol. The van der Waals surface area contributed by atoms with Crippen molar-refractivity contribution in [3.63, 3.8) is 0 Å². The Bertz CT molecular complexity index is 1010. The Morgan fingerprint density at radius 1 is 1.28 bits per heavy atom. The highest BCUT2D eigenvalue weighted by Gasteiger charge is 2.26. The first-order valence-electron chi connectivity index (χ1n) is 9.41. The molecule has 0 radical (unpaired) electrons. The average molecular weight is 403 g/mol. The summed E-state index contributed by atoms with van der Waals surface area (Å²) in [5, 5.41) is 9.55. The number of aromatic nitrogens is 3. The van der Waals surface area contributed by atoms with Gasteiger partial charge in [0.05, 0.1) is 6.20 Å². The van der Waals surface area contributed by atoms with Crippen LogP contribution in [0.15, 0.2) is 36.7 Å². The first-order valence-corrected chi connectivity index (χ1v) is 9.41. The molecule has 1 aliphatic rings. The summed E-state index contributed by atoms with van der Waals surface area (Å²) >= 11 is 0. The van der Waals surface area contributed by atoms with Crippen LogP contribution in [0.2, 0.25) is 0 Å². The molecule has 0 saturated carbocycles. The number of anilines is 1. The van der Waals surface area contributed by atoms with Crippen LogP contribution in [-0.4, -0.2) is 39.6 Å². The maximum atomic E-state index is 13.4. The zero-order valence-electron chi connectivity index (χ0n) is 16.4. The number of ether oxygens (including phenoxy) is 1. The van der Waals surface area contributed by atoms with Gasteiger partial charge in [0, 0.05) is 18.3 Å². The van der Waals surface area contributed by atoms with Gasteiger partial charge in [-0.15, -0.1) is 0 Å². The van der Waals surface area contributed by atoms with Crippen molar-refractivity contribution in [3.05, 3.63) is 53.3 Å². The van der Waals surface area contributed by atoms with E-state index in [4.69, 9.17) is 4.74 Å². The van der Waals surface area contributed by atoms with Crippen molar-refractivity contribution < 1.29 is 18.3 Å². The number of alkyl halides is 2. The van der Waals surface area contributed by atoms with Crippen LogP contribution in [0.3, 0.4) is 0 Å². The van der Waals surface area contributed by atoms with Gasteiger partial charge in [0.1, 0.15) is 29.8 Å². The van der Waals surface area contributed by atoms with E-state index in [-0.39, 0.29) is 17.8 Å². The van der Waals surface area contributed by atoms with Crippen LogP contribution in [-0.2, 0) is 6.54 Å². The molecule has 0 saturated heterocycles. The lowest BCUT2D eigenvalue weighted by Crippen LogP contribution is -2.44. The van der Waals surface area contributed by atoms with Gasteiger partial charge < -0.3 is 15.4 Å². The van der Waals surface area contributed by atoms with E-state index in [9.17, 15) is 13.6 Å². The minimum Gasteiger partial charge on any atom is -0.491 e. The van der Waals surface area contributed by atoms with Crippen molar-refractivity contribution in [2.45, 2.75) is 39.8 Å². The van der Waals surface area contributed by atoms with Crippen LogP contribution in [0.25, 0.3) is 5.65 Å². The molecule has 1 unspecified atom stereocenters. The zero-order valence-corrected chi connectivity index (χ0v) is 16.4.